The molecule has 0 aliphatic heterocycles. The Morgan fingerprint density at radius 3 is 2.35 bits per heavy atom. The maximum atomic E-state index is 12.5. The van der Waals surface area contributed by atoms with E-state index in [1.165, 1.54) is 11.8 Å². The van der Waals surface area contributed by atoms with E-state index in [2.05, 4.69) is 27.6 Å². The standard InChI is InChI=1S/C23H18Cl2N4OS/c24-17-11-12-20(19(25)14-17)26-22(30)15-31-23-28-27-21(13-16-7-3-1-4-8-16)29(23)18-9-5-2-6-10-18/h1-12,14H,13,15H2,(H,26,30). The SMILES string of the molecule is O=C(CSc1nnc(Cc2ccccc2)n1-c1ccccc1)Nc1ccc(Cl)cc1Cl. The van der Waals surface area contributed by atoms with Crippen molar-refractivity contribution in [3.8, 4) is 5.69 Å². The van der Waals surface area contributed by atoms with E-state index in [1.54, 1.807) is 18.2 Å². The van der Waals surface area contributed by atoms with Crippen molar-refractivity contribution in [1.29, 1.82) is 0 Å². The van der Waals surface area contributed by atoms with Crippen molar-refractivity contribution in [2.75, 3.05) is 11.1 Å². The molecule has 0 aliphatic carbocycles. The zero-order chi connectivity index (χ0) is 21.6. The van der Waals surface area contributed by atoms with Crippen LogP contribution >= 0.6 is 35.0 Å². The second-order valence-electron chi connectivity index (χ2n) is 6.69. The fourth-order valence-corrected chi connectivity index (χ4v) is 4.26. The summed E-state index contributed by atoms with van der Waals surface area (Å²) in [5.41, 5.74) is 2.60. The number of rotatable bonds is 7. The number of carbonyl (C=O) groups is 1. The lowest BCUT2D eigenvalue weighted by molar-refractivity contribution is -0.113. The van der Waals surface area contributed by atoms with Crippen molar-refractivity contribution in [3.63, 3.8) is 0 Å². The Labute approximate surface area is 194 Å². The summed E-state index contributed by atoms with van der Waals surface area (Å²) in [6.45, 7) is 0. The number of hydrogen-bond donors (Lipinski definition) is 1. The molecule has 0 aliphatic rings. The van der Waals surface area contributed by atoms with Crippen LogP contribution in [0.15, 0.2) is 84.0 Å². The highest BCUT2D eigenvalue weighted by molar-refractivity contribution is 7.99. The zero-order valence-corrected chi connectivity index (χ0v) is 18.7. The molecule has 0 fully saturated rings. The van der Waals surface area contributed by atoms with Gasteiger partial charge >= 0.3 is 0 Å². The highest BCUT2D eigenvalue weighted by Crippen LogP contribution is 2.27. The molecule has 1 aromatic heterocycles. The third-order valence-electron chi connectivity index (χ3n) is 4.46. The summed E-state index contributed by atoms with van der Waals surface area (Å²) in [6.07, 6.45) is 0.635. The summed E-state index contributed by atoms with van der Waals surface area (Å²) in [5, 5.41) is 13.1. The molecule has 0 saturated heterocycles. The van der Waals surface area contributed by atoms with Crippen molar-refractivity contribution in [1.82, 2.24) is 14.8 Å². The average molecular weight is 469 g/mol. The summed E-state index contributed by atoms with van der Waals surface area (Å²) in [6, 6.07) is 24.9. The molecule has 1 N–H and O–H groups in total. The average Bonchev–Trinajstić information content (AvgIpc) is 3.18. The van der Waals surface area contributed by atoms with Crippen molar-refractivity contribution in [2.24, 2.45) is 0 Å². The fourth-order valence-electron chi connectivity index (χ4n) is 3.03. The monoisotopic (exact) mass is 468 g/mol. The molecule has 4 aromatic rings. The molecule has 0 bridgehead atoms. The number of aromatic nitrogens is 3. The van der Waals surface area contributed by atoms with E-state index in [-0.39, 0.29) is 11.7 Å². The molecule has 0 atom stereocenters. The zero-order valence-electron chi connectivity index (χ0n) is 16.3. The van der Waals surface area contributed by atoms with Crippen LogP contribution in [0, 0.1) is 0 Å². The van der Waals surface area contributed by atoms with E-state index in [9.17, 15) is 4.79 Å². The van der Waals surface area contributed by atoms with Crippen LogP contribution in [0.25, 0.3) is 5.69 Å². The minimum atomic E-state index is -0.193. The van der Waals surface area contributed by atoms with Gasteiger partial charge < -0.3 is 5.32 Å². The lowest BCUT2D eigenvalue weighted by Crippen LogP contribution is -2.15. The molecule has 1 amide bonds. The molecule has 3 aromatic carbocycles. The molecule has 156 valence electrons. The summed E-state index contributed by atoms with van der Waals surface area (Å²) in [5.74, 6) is 0.775. The van der Waals surface area contributed by atoms with Gasteiger partial charge in [0.2, 0.25) is 5.91 Å². The second-order valence-corrected chi connectivity index (χ2v) is 8.48. The number of anilines is 1. The van der Waals surface area contributed by atoms with Gasteiger partial charge in [-0.3, -0.25) is 9.36 Å². The molecular weight excluding hydrogens is 451 g/mol. The van der Waals surface area contributed by atoms with E-state index in [0.29, 0.717) is 27.3 Å². The van der Waals surface area contributed by atoms with E-state index in [0.717, 1.165) is 17.1 Å². The largest absolute Gasteiger partial charge is 0.324 e. The van der Waals surface area contributed by atoms with Crippen LogP contribution < -0.4 is 5.32 Å². The quantitative estimate of drug-likeness (QED) is 0.343. The predicted molar refractivity (Wildman–Crippen MR) is 126 cm³/mol. The molecule has 0 unspecified atom stereocenters. The molecule has 5 nitrogen and oxygen atoms in total. The Balaban J connectivity index is 1.53. The topological polar surface area (TPSA) is 59.8 Å². The normalized spacial score (nSPS) is 10.8. The smallest absolute Gasteiger partial charge is 0.234 e. The van der Waals surface area contributed by atoms with E-state index >= 15 is 0 Å². The van der Waals surface area contributed by atoms with Crippen LogP contribution in [0.4, 0.5) is 5.69 Å². The van der Waals surface area contributed by atoms with Crippen LogP contribution in [0.5, 0.6) is 0 Å². The number of benzene rings is 3. The number of hydrogen-bond acceptors (Lipinski definition) is 4. The molecule has 4 rings (SSSR count). The van der Waals surface area contributed by atoms with Crippen LogP contribution in [-0.2, 0) is 11.2 Å². The maximum Gasteiger partial charge on any atom is 0.234 e. The van der Waals surface area contributed by atoms with Gasteiger partial charge in [0.15, 0.2) is 5.16 Å². The summed E-state index contributed by atoms with van der Waals surface area (Å²) in [7, 11) is 0. The van der Waals surface area contributed by atoms with Crippen LogP contribution in [0.3, 0.4) is 0 Å². The number of nitrogens with zero attached hydrogens (tertiary/aromatic N) is 3. The summed E-state index contributed by atoms with van der Waals surface area (Å²) >= 11 is 13.4. The minimum absolute atomic E-state index is 0.162. The summed E-state index contributed by atoms with van der Waals surface area (Å²) in [4.78, 5) is 12.5. The number of carbonyl (C=O) groups excluding carboxylic acids is 1. The molecular formula is C23H18Cl2N4OS. The van der Waals surface area contributed by atoms with E-state index < -0.39 is 0 Å². The third kappa shape index (κ3) is 5.47. The molecule has 31 heavy (non-hydrogen) atoms. The van der Waals surface area contributed by atoms with Crippen LogP contribution in [0.2, 0.25) is 10.0 Å². The van der Waals surface area contributed by atoms with Gasteiger partial charge in [-0.05, 0) is 35.9 Å². The van der Waals surface area contributed by atoms with Crippen molar-refractivity contribution >= 4 is 46.6 Å². The molecule has 1 heterocycles. The molecule has 0 radical (unpaired) electrons. The lowest BCUT2D eigenvalue weighted by atomic mass is 10.1. The number of para-hydroxylation sites is 1. The van der Waals surface area contributed by atoms with Gasteiger partial charge in [0.25, 0.3) is 0 Å². The first-order valence-corrected chi connectivity index (χ1v) is 11.3. The van der Waals surface area contributed by atoms with Crippen molar-refractivity contribution < 1.29 is 4.79 Å². The van der Waals surface area contributed by atoms with Crippen molar-refractivity contribution in [2.45, 2.75) is 11.6 Å². The molecule has 0 spiro atoms. The number of halogens is 2. The first kappa shape index (κ1) is 21.4. The summed E-state index contributed by atoms with van der Waals surface area (Å²) < 4.78 is 1.99. The third-order valence-corrected chi connectivity index (χ3v) is 5.93. The highest BCUT2D eigenvalue weighted by atomic mass is 35.5. The lowest BCUT2D eigenvalue weighted by Gasteiger charge is -2.11. The first-order valence-electron chi connectivity index (χ1n) is 9.51. The fraction of sp³-hybridized carbons (Fsp3) is 0.0870. The Hall–Kier alpha value is -2.80. The predicted octanol–water partition coefficient (Wildman–Crippen LogP) is 5.90. The van der Waals surface area contributed by atoms with Gasteiger partial charge in [-0.25, -0.2) is 0 Å². The van der Waals surface area contributed by atoms with Gasteiger partial charge in [-0.15, -0.1) is 10.2 Å². The molecule has 8 heteroatoms. The van der Waals surface area contributed by atoms with Gasteiger partial charge in [0.05, 0.1) is 16.5 Å². The maximum absolute atomic E-state index is 12.5. The van der Waals surface area contributed by atoms with Gasteiger partial charge in [-0.2, -0.15) is 0 Å². The van der Waals surface area contributed by atoms with Gasteiger partial charge in [0.1, 0.15) is 5.82 Å². The Morgan fingerprint density at radius 1 is 0.935 bits per heavy atom. The van der Waals surface area contributed by atoms with Crippen molar-refractivity contribution in [3.05, 3.63) is 100 Å². The second kappa shape index (κ2) is 10.0. The van der Waals surface area contributed by atoms with E-state index in [1.807, 2.05) is 53.1 Å². The minimum Gasteiger partial charge on any atom is -0.324 e. The highest BCUT2D eigenvalue weighted by Gasteiger charge is 2.16. The van der Waals surface area contributed by atoms with Gasteiger partial charge in [-0.1, -0.05) is 83.5 Å². The molecule has 0 saturated carbocycles. The Morgan fingerprint density at radius 2 is 1.65 bits per heavy atom. The van der Waals surface area contributed by atoms with E-state index in [4.69, 9.17) is 23.2 Å². The first-order chi connectivity index (χ1) is 15.1. The number of nitrogens with one attached hydrogen (secondary N) is 1. The Kier molecular flexibility index (Phi) is 6.92. The van der Waals surface area contributed by atoms with Crippen LogP contribution in [-0.4, -0.2) is 26.4 Å². The number of amides is 1. The number of thioether (sulfide) groups is 1. The Bertz CT molecular complexity index is 1180. The van der Waals surface area contributed by atoms with Crippen LogP contribution in [0.1, 0.15) is 11.4 Å². The van der Waals surface area contributed by atoms with Gasteiger partial charge in [0, 0.05) is 17.1 Å².